The predicted octanol–water partition coefficient (Wildman–Crippen LogP) is 6.36. The minimum absolute atomic E-state index is 0.0316. The minimum atomic E-state index is -2.40. The van der Waals surface area contributed by atoms with Crippen LogP contribution < -0.4 is 19.7 Å². The molecular weight excluding hydrogens is 651 g/mol. The monoisotopic (exact) mass is 691 g/mol. The molecule has 0 saturated carbocycles. The average molecular weight is 692 g/mol. The highest BCUT2D eigenvalue weighted by Gasteiger charge is 2.66. The molecule has 0 aromatic heterocycles. The summed E-state index contributed by atoms with van der Waals surface area (Å²) in [4.78, 5) is 43.0. The van der Waals surface area contributed by atoms with Gasteiger partial charge in [-0.15, -0.1) is 0 Å². The van der Waals surface area contributed by atoms with Crippen molar-refractivity contribution >= 4 is 47.8 Å². The number of aliphatic hydroxyl groups is 1. The number of carbonyl (C=O) groups is 2. The van der Waals surface area contributed by atoms with Crippen molar-refractivity contribution in [3.8, 4) is 5.75 Å². The fraction of sp³-hybridized carbons (Fsp3) is 0.333. The number of hydrogen-bond acceptors (Lipinski definition) is 7. The highest BCUT2D eigenvalue weighted by Crippen LogP contribution is 2.60. The first kappa shape index (κ1) is 33.6. The van der Waals surface area contributed by atoms with Crippen molar-refractivity contribution in [2.75, 3.05) is 23.5 Å². The summed E-state index contributed by atoms with van der Waals surface area (Å²) in [5.41, 5.74) is 2.97. The van der Waals surface area contributed by atoms with Gasteiger partial charge in [-0.05, 0) is 65.9 Å². The van der Waals surface area contributed by atoms with Gasteiger partial charge in [0, 0.05) is 42.3 Å². The topological polar surface area (TPSA) is 122 Å². The molecular formula is C39H41N3O7Si. The fourth-order valence-corrected chi connectivity index (χ4v) is 12.7. The third kappa shape index (κ3) is 5.31. The fourth-order valence-electron chi connectivity index (χ4n) is 8.61. The van der Waals surface area contributed by atoms with Crippen molar-refractivity contribution < 1.29 is 29.1 Å². The molecule has 4 atom stereocenters. The Morgan fingerprint density at radius 3 is 2.38 bits per heavy atom. The van der Waals surface area contributed by atoms with E-state index in [4.69, 9.17) is 9.47 Å². The van der Waals surface area contributed by atoms with Crippen LogP contribution in [-0.4, -0.2) is 49.7 Å². The molecule has 4 aromatic rings. The smallest absolute Gasteiger partial charge is 0.269 e. The number of aliphatic hydroxyl groups excluding tert-OH is 1. The molecule has 1 N–H and O–H groups in total. The van der Waals surface area contributed by atoms with Crippen LogP contribution in [0.5, 0.6) is 5.75 Å². The Labute approximate surface area is 292 Å². The molecule has 1 saturated heterocycles. The lowest BCUT2D eigenvalue weighted by atomic mass is 9.82. The highest BCUT2D eigenvalue weighted by atomic mass is 28.3. The van der Waals surface area contributed by atoms with E-state index in [1.54, 1.807) is 23.0 Å². The quantitative estimate of drug-likeness (QED) is 0.123. The molecule has 7 rings (SSSR count). The normalized spacial score (nSPS) is 22.9. The summed E-state index contributed by atoms with van der Waals surface area (Å²) in [6.07, 6.45) is 1.03. The lowest BCUT2D eigenvalue weighted by Gasteiger charge is -2.37. The molecule has 0 bridgehead atoms. The minimum Gasteiger partial charge on any atom is -0.497 e. The van der Waals surface area contributed by atoms with Crippen molar-refractivity contribution in [3.63, 3.8) is 0 Å². The van der Waals surface area contributed by atoms with E-state index in [0.29, 0.717) is 30.5 Å². The van der Waals surface area contributed by atoms with E-state index in [-0.39, 0.29) is 42.1 Å². The SMILES string of the molecule is COc1ccc([Si](C)(C)[C@H]2[C@H](CCO)O[C@@]3(C(=O)N(Cc4ccc(N5C(=O)CCc6ccccc65)cc4)c4ccc([N+](=O)[O-])cc43)[C@@H]2C)cc1. The lowest BCUT2D eigenvalue weighted by molar-refractivity contribution is -0.385. The van der Waals surface area contributed by atoms with Crippen molar-refractivity contribution in [1.82, 2.24) is 0 Å². The first-order valence-electron chi connectivity index (χ1n) is 17.0. The van der Waals surface area contributed by atoms with Gasteiger partial charge >= 0.3 is 0 Å². The molecule has 2 amide bonds. The zero-order valence-electron chi connectivity index (χ0n) is 28.7. The van der Waals surface area contributed by atoms with E-state index in [1.165, 1.54) is 12.1 Å². The Balaban J connectivity index is 1.26. The molecule has 50 heavy (non-hydrogen) atoms. The largest absolute Gasteiger partial charge is 0.497 e. The third-order valence-electron chi connectivity index (χ3n) is 11.1. The number of aryl methyl sites for hydroxylation is 1. The van der Waals surface area contributed by atoms with Gasteiger partial charge in [0.1, 0.15) is 5.75 Å². The number of methoxy groups -OCH3 is 1. The van der Waals surface area contributed by atoms with Crippen LogP contribution in [0.15, 0.2) is 91.0 Å². The maximum Gasteiger partial charge on any atom is 0.269 e. The molecule has 11 heteroatoms. The Kier molecular flexibility index (Phi) is 8.61. The van der Waals surface area contributed by atoms with Crippen LogP contribution in [-0.2, 0) is 32.9 Å². The first-order chi connectivity index (χ1) is 24.0. The van der Waals surface area contributed by atoms with Gasteiger partial charge in [-0.3, -0.25) is 24.6 Å². The van der Waals surface area contributed by atoms with Crippen LogP contribution in [0.25, 0.3) is 0 Å². The number of nitro groups is 1. The number of benzene rings is 4. The van der Waals surface area contributed by atoms with E-state index in [2.05, 4.69) is 25.2 Å². The van der Waals surface area contributed by atoms with Gasteiger partial charge < -0.3 is 19.5 Å². The maximum atomic E-state index is 14.9. The van der Waals surface area contributed by atoms with Gasteiger partial charge in [-0.25, -0.2) is 0 Å². The van der Waals surface area contributed by atoms with Crippen molar-refractivity contribution in [3.05, 3.63) is 118 Å². The Bertz CT molecular complexity index is 1970. The zero-order chi connectivity index (χ0) is 35.4. The second-order valence-electron chi connectivity index (χ2n) is 14.0. The van der Waals surface area contributed by atoms with Crippen molar-refractivity contribution in [1.29, 1.82) is 0 Å². The number of ether oxygens (including phenoxy) is 2. The van der Waals surface area contributed by atoms with Crippen LogP contribution in [0.2, 0.25) is 18.6 Å². The second kappa shape index (κ2) is 12.8. The van der Waals surface area contributed by atoms with E-state index in [1.807, 2.05) is 67.6 Å². The van der Waals surface area contributed by atoms with E-state index in [9.17, 15) is 24.8 Å². The predicted molar refractivity (Wildman–Crippen MR) is 194 cm³/mol. The standard InChI is InChI=1S/C39H41N3O7Si/c1-25-37(50(3,4)31-17-15-30(48-2)16-18-31)35(21-22-43)49-39(25)32-23-29(42(46)47)14-19-34(32)40(38(39)45)24-26-9-12-28(13-10-26)41-33-8-6-5-7-27(33)11-20-36(41)44/h5-10,12-19,23,25,35,37,43H,11,20-22,24H2,1-4H3/t25-,35+,37-,39+/m1/s1. The van der Waals surface area contributed by atoms with Gasteiger partial charge in [0.25, 0.3) is 11.6 Å². The van der Waals surface area contributed by atoms with Gasteiger partial charge in [-0.1, -0.05) is 67.7 Å². The van der Waals surface area contributed by atoms with E-state index < -0.39 is 24.7 Å². The number of nitro benzene ring substituents is 1. The third-order valence-corrected chi connectivity index (χ3v) is 15.4. The average Bonchev–Trinajstić information content (AvgIpc) is 3.54. The number of rotatable bonds is 9. The molecule has 0 aliphatic carbocycles. The molecule has 10 nitrogen and oxygen atoms in total. The molecule has 3 aliphatic rings. The summed E-state index contributed by atoms with van der Waals surface area (Å²) in [6, 6.07) is 28.1. The summed E-state index contributed by atoms with van der Waals surface area (Å²) in [5, 5.41) is 23.4. The molecule has 258 valence electrons. The number of hydrogen-bond donors (Lipinski definition) is 1. The van der Waals surface area contributed by atoms with E-state index in [0.717, 1.165) is 33.4 Å². The van der Waals surface area contributed by atoms with E-state index >= 15 is 0 Å². The lowest BCUT2D eigenvalue weighted by Crippen LogP contribution is -2.51. The number of para-hydroxylation sites is 1. The summed E-state index contributed by atoms with van der Waals surface area (Å²) >= 11 is 0. The molecule has 4 aromatic carbocycles. The molecule has 0 unspecified atom stereocenters. The van der Waals surface area contributed by atoms with Gasteiger partial charge in [0.15, 0.2) is 5.60 Å². The summed E-state index contributed by atoms with van der Waals surface area (Å²) in [5.74, 6) is 0.160. The molecule has 0 radical (unpaired) electrons. The van der Waals surface area contributed by atoms with Crippen LogP contribution in [0, 0.1) is 16.0 Å². The molecule has 3 heterocycles. The van der Waals surface area contributed by atoms with Crippen LogP contribution in [0.3, 0.4) is 0 Å². The van der Waals surface area contributed by atoms with Gasteiger partial charge in [-0.2, -0.15) is 0 Å². The Hall–Kier alpha value is -4.84. The summed E-state index contributed by atoms with van der Waals surface area (Å²) < 4.78 is 12.3. The highest BCUT2D eigenvalue weighted by molar-refractivity contribution is 6.91. The Morgan fingerprint density at radius 1 is 0.980 bits per heavy atom. The zero-order valence-corrected chi connectivity index (χ0v) is 29.7. The summed E-state index contributed by atoms with van der Waals surface area (Å²) in [6.45, 7) is 6.61. The first-order valence-corrected chi connectivity index (χ1v) is 20.1. The van der Waals surface area contributed by atoms with Crippen molar-refractivity contribution in [2.24, 2.45) is 5.92 Å². The van der Waals surface area contributed by atoms with Gasteiger partial charge in [0.05, 0.1) is 44.1 Å². The van der Waals surface area contributed by atoms with Gasteiger partial charge in [0.2, 0.25) is 5.91 Å². The van der Waals surface area contributed by atoms with Crippen LogP contribution in [0.4, 0.5) is 22.7 Å². The molecule has 1 fully saturated rings. The number of nitrogens with zero attached hydrogens (tertiary/aromatic N) is 3. The number of carbonyl (C=O) groups excluding carboxylic acids is 2. The second-order valence-corrected chi connectivity index (χ2v) is 18.7. The Morgan fingerprint density at radius 2 is 1.70 bits per heavy atom. The number of amides is 2. The van der Waals surface area contributed by atoms with Crippen LogP contribution >= 0.6 is 0 Å². The summed E-state index contributed by atoms with van der Waals surface area (Å²) in [7, 11) is -0.776. The molecule has 3 aliphatic heterocycles. The van der Waals surface area contributed by atoms with Crippen LogP contribution in [0.1, 0.15) is 36.5 Å². The number of anilines is 3. The maximum absolute atomic E-state index is 14.9. The number of fused-ring (bicyclic) bond motifs is 3. The number of non-ortho nitro benzene ring substituents is 1. The van der Waals surface area contributed by atoms with Crippen molar-refractivity contribution in [2.45, 2.75) is 63.1 Å². The molecule has 1 spiro atoms.